The summed E-state index contributed by atoms with van der Waals surface area (Å²) in [5.41, 5.74) is 3.90. The molecule has 0 saturated carbocycles. The molecule has 4 rings (SSSR count). The van der Waals surface area contributed by atoms with Crippen LogP contribution < -0.4 is 10.6 Å². The number of hydrogen-bond acceptors (Lipinski definition) is 5. The minimum absolute atomic E-state index is 0.0400. The lowest BCUT2D eigenvalue weighted by molar-refractivity contribution is -0.117. The maximum atomic E-state index is 12.2. The van der Waals surface area contributed by atoms with E-state index in [4.69, 9.17) is 0 Å². The summed E-state index contributed by atoms with van der Waals surface area (Å²) >= 11 is 0. The molecule has 0 radical (unpaired) electrons. The van der Waals surface area contributed by atoms with Gasteiger partial charge in [0, 0.05) is 24.5 Å². The number of anilines is 2. The lowest BCUT2D eigenvalue weighted by Gasteiger charge is -2.14. The van der Waals surface area contributed by atoms with E-state index in [1.807, 2.05) is 53.4 Å². The molecule has 2 aliphatic rings. The van der Waals surface area contributed by atoms with E-state index in [0.29, 0.717) is 19.6 Å². The first kappa shape index (κ1) is 22.5. The number of aliphatic hydroxyl groups is 1. The molecule has 1 atom stereocenters. The summed E-state index contributed by atoms with van der Waals surface area (Å²) in [6.45, 7) is 4.11. The lowest BCUT2D eigenvalue weighted by Crippen LogP contribution is -2.32. The summed E-state index contributed by atoms with van der Waals surface area (Å²) in [5.74, 6) is -0.0209. The maximum Gasteiger partial charge on any atom is 0.238 e. The zero-order chi connectivity index (χ0) is 22.3. The van der Waals surface area contributed by atoms with Crippen LogP contribution in [0.5, 0.6) is 0 Å². The average Bonchev–Trinajstić information content (AvgIpc) is 3.42. The van der Waals surface area contributed by atoms with E-state index in [1.54, 1.807) is 0 Å². The van der Waals surface area contributed by atoms with Crippen LogP contribution in [0.4, 0.5) is 11.4 Å². The molecule has 7 heteroatoms. The minimum Gasteiger partial charge on any atom is -0.392 e. The summed E-state index contributed by atoms with van der Waals surface area (Å²) in [7, 11) is 0. The second-order valence-electron chi connectivity index (χ2n) is 8.83. The number of nitrogens with zero attached hydrogens (tertiary/aromatic N) is 2. The Morgan fingerprint density at radius 1 is 0.781 bits per heavy atom. The number of benzene rings is 2. The number of carbonyl (C=O) groups is 2. The second kappa shape index (κ2) is 10.7. The van der Waals surface area contributed by atoms with E-state index in [1.165, 1.54) is 12.8 Å². The molecule has 0 aromatic heterocycles. The number of likely N-dealkylation sites (tertiary alicyclic amines) is 2. The van der Waals surface area contributed by atoms with E-state index in [2.05, 4.69) is 15.5 Å². The van der Waals surface area contributed by atoms with E-state index < -0.39 is 0 Å². The van der Waals surface area contributed by atoms with Gasteiger partial charge in [0.05, 0.1) is 19.2 Å². The van der Waals surface area contributed by atoms with Gasteiger partial charge in [-0.2, -0.15) is 0 Å². The fourth-order valence-electron chi connectivity index (χ4n) is 4.35. The number of hydrogen-bond donors (Lipinski definition) is 3. The van der Waals surface area contributed by atoms with Crippen LogP contribution >= 0.6 is 0 Å². The van der Waals surface area contributed by atoms with Gasteiger partial charge < -0.3 is 15.7 Å². The molecular formula is C25H32N4O3. The van der Waals surface area contributed by atoms with Crippen molar-refractivity contribution in [2.24, 2.45) is 0 Å². The molecule has 2 heterocycles. The molecule has 170 valence electrons. The van der Waals surface area contributed by atoms with Crippen LogP contribution in [0.2, 0.25) is 0 Å². The van der Waals surface area contributed by atoms with E-state index in [9.17, 15) is 14.7 Å². The molecule has 32 heavy (non-hydrogen) atoms. The Kier molecular flexibility index (Phi) is 7.52. The molecule has 0 spiro atoms. The normalized spacial score (nSPS) is 19.2. The molecular weight excluding hydrogens is 404 g/mol. The van der Waals surface area contributed by atoms with Crippen molar-refractivity contribution in [2.75, 3.05) is 49.9 Å². The highest BCUT2D eigenvalue weighted by Gasteiger charge is 2.22. The Labute approximate surface area is 189 Å². The molecule has 2 aliphatic heterocycles. The third-order valence-corrected chi connectivity index (χ3v) is 6.06. The Balaban J connectivity index is 1.23. The van der Waals surface area contributed by atoms with Crippen molar-refractivity contribution in [2.45, 2.75) is 31.8 Å². The standard InChI is InChI=1S/C25H32N4O3/c30-23-11-14-29(16-23)18-25(32)27-22-9-5-20(6-10-22)15-19-3-7-21(8-4-19)26-24(31)17-28-12-1-2-13-28/h3-10,23,30H,1-2,11-18H2,(H,26,31)(H,27,32)/t23-/m0/s1. The molecule has 2 aromatic carbocycles. The van der Waals surface area contributed by atoms with Gasteiger partial charge in [-0.05, 0) is 74.2 Å². The quantitative estimate of drug-likeness (QED) is 0.591. The van der Waals surface area contributed by atoms with Gasteiger partial charge in [0.15, 0.2) is 0 Å². The fourth-order valence-corrected chi connectivity index (χ4v) is 4.35. The topological polar surface area (TPSA) is 84.9 Å². The molecule has 2 aromatic rings. The number of carbonyl (C=O) groups excluding carboxylic acids is 2. The van der Waals surface area contributed by atoms with Crippen molar-refractivity contribution in [1.82, 2.24) is 9.80 Å². The van der Waals surface area contributed by atoms with Gasteiger partial charge in [-0.3, -0.25) is 19.4 Å². The minimum atomic E-state index is -0.317. The second-order valence-corrected chi connectivity index (χ2v) is 8.83. The molecule has 3 N–H and O–H groups in total. The van der Waals surface area contributed by atoms with E-state index in [0.717, 1.165) is 55.0 Å². The predicted octanol–water partition coefficient (Wildman–Crippen LogP) is 2.32. The summed E-state index contributed by atoms with van der Waals surface area (Å²) < 4.78 is 0. The van der Waals surface area contributed by atoms with Crippen molar-refractivity contribution in [1.29, 1.82) is 0 Å². The monoisotopic (exact) mass is 436 g/mol. The number of amides is 2. The van der Waals surface area contributed by atoms with Gasteiger partial charge in [0.25, 0.3) is 0 Å². The number of nitrogens with one attached hydrogen (secondary N) is 2. The van der Waals surface area contributed by atoms with Crippen molar-refractivity contribution in [3.05, 3.63) is 59.7 Å². The first-order valence-corrected chi connectivity index (χ1v) is 11.4. The summed E-state index contributed by atoms with van der Waals surface area (Å²) in [6, 6.07) is 15.8. The van der Waals surface area contributed by atoms with Crippen molar-refractivity contribution >= 4 is 23.2 Å². The van der Waals surface area contributed by atoms with Crippen molar-refractivity contribution < 1.29 is 14.7 Å². The Morgan fingerprint density at radius 2 is 1.28 bits per heavy atom. The molecule has 0 bridgehead atoms. The molecule has 0 unspecified atom stereocenters. The lowest BCUT2D eigenvalue weighted by atomic mass is 10.0. The summed E-state index contributed by atoms with van der Waals surface area (Å²) in [6.07, 6.45) is 3.55. The molecule has 2 fully saturated rings. The zero-order valence-electron chi connectivity index (χ0n) is 18.4. The molecule has 2 saturated heterocycles. The highest BCUT2D eigenvalue weighted by Crippen LogP contribution is 2.17. The average molecular weight is 437 g/mol. The Morgan fingerprint density at radius 3 is 1.75 bits per heavy atom. The summed E-state index contributed by atoms with van der Waals surface area (Å²) in [4.78, 5) is 28.5. The molecule has 7 nitrogen and oxygen atoms in total. The third kappa shape index (κ3) is 6.63. The van der Waals surface area contributed by atoms with Crippen LogP contribution in [0.3, 0.4) is 0 Å². The van der Waals surface area contributed by atoms with Gasteiger partial charge >= 0.3 is 0 Å². The largest absolute Gasteiger partial charge is 0.392 e. The van der Waals surface area contributed by atoms with Crippen molar-refractivity contribution in [3.8, 4) is 0 Å². The van der Waals surface area contributed by atoms with Gasteiger partial charge in [-0.1, -0.05) is 24.3 Å². The predicted molar refractivity (Wildman–Crippen MR) is 126 cm³/mol. The fraction of sp³-hybridized carbons (Fsp3) is 0.440. The highest BCUT2D eigenvalue weighted by atomic mass is 16.3. The zero-order valence-corrected chi connectivity index (χ0v) is 18.4. The Bertz CT molecular complexity index is 908. The van der Waals surface area contributed by atoms with Gasteiger partial charge in [0.1, 0.15) is 0 Å². The third-order valence-electron chi connectivity index (χ3n) is 6.06. The first-order chi connectivity index (χ1) is 15.5. The van der Waals surface area contributed by atoms with Gasteiger partial charge in [0.2, 0.25) is 11.8 Å². The highest BCUT2D eigenvalue weighted by molar-refractivity contribution is 5.92. The van der Waals surface area contributed by atoms with Crippen LogP contribution in [-0.2, 0) is 16.0 Å². The van der Waals surface area contributed by atoms with Crippen LogP contribution in [0, 0.1) is 0 Å². The number of β-amino-alcohol motifs (C(OH)–C–C–N with tert-alkyl or cyclic N) is 1. The van der Waals surface area contributed by atoms with Crippen LogP contribution in [0.1, 0.15) is 30.4 Å². The first-order valence-electron chi connectivity index (χ1n) is 11.4. The SMILES string of the molecule is O=C(CN1CCCC1)Nc1ccc(Cc2ccc(NC(=O)CN3CC[C@H](O)C3)cc2)cc1. The van der Waals surface area contributed by atoms with Gasteiger partial charge in [-0.15, -0.1) is 0 Å². The smallest absolute Gasteiger partial charge is 0.238 e. The molecule has 2 amide bonds. The van der Waals surface area contributed by atoms with Crippen LogP contribution in [0.15, 0.2) is 48.5 Å². The van der Waals surface area contributed by atoms with Crippen LogP contribution in [-0.4, -0.2) is 72.1 Å². The Hall–Kier alpha value is -2.74. The van der Waals surface area contributed by atoms with E-state index in [-0.39, 0.29) is 17.9 Å². The van der Waals surface area contributed by atoms with Crippen LogP contribution in [0.25, 0.3) is 0 Å². The maximum absolute atomic E-state index is 12.2. The van der Waals surface area contributed by atoms with E-state index >= 15 is 0 Å². The number of rotatable bonds is 8. The molecule has 0 aliphatic carbocycles. The number of aliphatic hydroxyl groups excluding tert-OH is 1. The summed E-state index contributed by atoms with van der Waals surface area (Å²) in [5, 5.41) is 15.5. The van der Waals surface area contributed by atoms with Gasteiger partial charge in [-0.25, -0.2) is 0 Å². The van der Waals surface area contributed by atoms with Crippen molar-refractivity contribution in [3.63, 3.8) is 0 Å².